The first-order valence-electron chi connectivity index (χ1n) is 3.09. The number of rotatable bonds is 1. The molecule has 6 heteroatoms. The van der Waals surface area contributed by atoms with Gasteiger partial charge in [0.25, 0.3) is 0 Å². The lowest BCUT2D eigenvalue weighted by molar-refractivity contribution is -0.274. The number of halogens is 5. The van der Waals surface area contributed by atoms with E-state index < -0.39 is 12.1 Å². The standard InChI is InChI=1S/C7H3BrClF3O/c8-4-1-2-6(5(9)3-4)13-7(10,11)12/h1-3H. The highest BCUT2D eigenvalue weighted by Crippen LogP contribution is 2.31. The highest BCUT2D eigenvalue weighted by Gasteiger charge is 2.31. The molecule has 0 radical (unpaired) electrons. The van der Waals surface area contributed by atoms with E-state index in [0.29, 0.717) is 4.47 Å². The van der Waals surface area contributed by atoms with Crippen molar-refractivity contribution >= 4 is 27.5 Å². The molecule has 1 nitrogen and oxygen atoms in total. The molecule has 0 amide bonds. The van der Waals surface area contributed by atoms with Crippen molar-refractivity contribution in [3.05, 3.63) is 27.7 Å². The third-order valence-corrected chi connectivity index (χ3v) is 1.91. The van der Waals surface area contributed by atoms with Crippen molar-refractivity contribution < 1.29 is 17.9 Å². The molecule has 1 aromatic rings. The summed E-state index contributed by atoms with van der Waals surface area (Å²) in [7, 11) is 0. The van der Waals surface area contributed by atoms with Gasteiger partial charge in [0.2, 0.25) is 0 Å². The largest absolute Gasteiger partial charge is 0.573 e. The number of hydrogen-bond acceptors (Lipinski definition) is 1. The van der Waals surface area contributed by atoms with Gasteiger partial charge in [0.05, 0.1) is 5.02 Å². The van der Waals surface area contributed by atoms with Crippen molar-refractivity contribution in [3.8, 4) is 5.75 Å². The molecule has 0 spiro atoms. The topological polar surface area (TPSA) is 9.23 Å². The number of ether oxygens (including phenoxy) is 1. The smallest absolute Gasteiger partial charge is 0.404 e. The van der Waals surface area contributed by atoms with Crippen LogP contribution in [0.15, 0.2) is 22.7 Å². The highest BCUT2D eigenvalue weighted by atomic mass is 79.9. The summed E-state index contributed by atoms with van der Waals surface area (Å²) in [5, 5.41) is -0.0910. The van der Waals surface area contributed by atoms with Crippen LogP contribution in [0, 0.1) is 0 Å². The summed E-state index contributed by atoms with van der Waals surface area (Å²) in [6, 6.07) is 3.87. The van der Waals surface area contributed by atoms with Crippen LogP contribution < -0.4 is 4.74 Å². The maximum Gasteiger partial charge on any atom is 0.573 e. The third kappa shape index (κ3) is 3.44. The molecular formula is C7H3BrClF3O. The molecule has 0 aliphatic heterocycles. The molecule has 0 bridgehead atoms. The quantitative estimate of drug-likeness (QED) is 0.752. The molecule has 0 atom stereocenters. The molecule has 13 heavy (non-hydrogen) atoms. The fraction of sp³-hybridized carbons (Fsp3) is 0.143. The summed E-state index contributed by atoms with van der Waals surface area (Å²) in [5.41, 5.74) is 0. The molecule has 0 aliphatic rings. The van der Waals surface area contributed by atoms with Gasteiger partial charge >= 0.3 is 6.36 Å². The molecular weight excluding hydrogens is 272 g/mol. The van der Waals surface area contributed by atoms with Gasteiger partial charge in [-0.1, -0.05) is 27.5 Å². The van der Waals surface area contributed by atoms with E-state index in [-0.39, 0.29) is 5.02 Å². The summed E-state index contributed by atoms with van der Waals surface area (Å²) >= 11 is 8.54. The van der Waals surface area contributed by atoms with Gasteiger partial charge < -0.3 is 4.74 Å². The Morgan fingerprint density at radius 2 is 1.92 bits per heavy atom. The highest BCUT2D eigenvalue weighted by molar-refractivity contribution is 9.10. The van der Waals surface area contributed by atoms with E-state index in [4.69, 9.17) is 11.6 Å². The van der Waals surface area contributed by atoms with Gasteiger partial charge in [0.1, 0.15) is 5.75 Å². The van der Waals surface area contributed by atoms with E-state index in [1.807, 2.05) is 0 Å². The first-order chi connectivity index (χ1) is 5.88. The second-order valence-electron chi connectivity index (χ2n) is 2.12. The maximum absolute atomic E-state index is 11.7. The fourth-order valence-electron chi connectivity index (χ4n) is 0.683. The van der Waals surface area contributed by atoms with Crippen LogP contribution in [0.5, 0.6) is 5.75 Å². The summed E-state index contributed by atoms with van der Waals surface area (Å²) in [6.45, 7) is 0. The first kappa shape index (κ1) is 10.7. The Kier molecular flexibility index (Phi) is 3.08. The van der Waals surface area contributed by atoms with Crippen molar-refractivity contribution in [1.82, 2.24) is 0 Å². The lowest BCUT2D eigenvalue weighted by Gasteiger charge is -2.09. The maximum atomic E-state index is 11.7. The van der Waals surface area contributed by atoms with Crippen LogP contribution in [0.2, 0.25) is 5.02 Å². The van der Waals surface area contributed by atoms with Gasteiger partial charge in [0, 0.05) is 4.47 Å². The Morgan fingerprint density at radius 3 is 2.38 bits per heavy atom. The van der Waals surface area contributed by atoms with E-state index in [1.165, 1.54) is 12.1 Å². The van der Waals surface area contributed by atoms with Crippen LogP contribution in [0.1, 0.15) is 0 Å². The van der Waals surface area contributed by atoms with Gasteiger partial charge in [-0.25, -0.2) is 0 Å². The zero-order valence-corrected chi connectivity index (χ0v) is 8.37. The Bertz CT molecular complexity index is 313. The van der Waals surface area contributed by atoms with Gasteiger partial charge in [-0.2, -0.15) is 0 Å². The van der Waals surface area contributed by atoms with Crippen molar-refractivity contribution in [1.29, 1.82) is 0 Å². The van der Waals surface area contributed by atoms with E-state index >= 15 is 0 Å². The molecule has 72 valence electrons. The number of benzene rings is 1. The Morgan fingerprint density at radius 1 is 1.31 bits per heavy atom. The molecule has 0 N–H and O–H groups in total. The van der Waals surface area contributed by atoms with E-state index in [9.17, 15) is 13.2 Å². The molecule has 0 saturated heterocycles. The zero-order valence-electron chi connectivity index (χ0n) is 6.03. The molecule has 0 aliphatic carbocycles. The molecule has 0 fully saturated rings. The van der Waals surface area contributed by atoms with Gasteiger partial charge in [-0.3, -0.25) is 0 Å². The molecule has 0 saturated carbocycles. The Hall–Kier alpha value is -0.420. The lowest BCUT2D eigenvalue weighted by Crippen LogP contribution is -2.17. The second-order valence-corrected chi connectivity index (χ2v) is 3.45. The van der Waals surface area contributed by atoms with E-state index in [1.54, 1.807) is 0 Å². The average molecular weight is 275 g/mol. The average Bonchev–Trinajstić information content (AvgIpc) is 1.93. The zero-order chi connectivity index (χ0) is 10.1. The minimum atomic E-state index is -4.71. The first-order valence-corrected chi connectivity index (χ1v) is 4.26. The normalized spacial score (nSPS) is 11.5. The predicted molar refractivity (Wildman–Crippen MR) is 45.8 cm³/mol. The Balaban J connectivity index is 2.90. The summed E-state index contributed by atoms with van der Waals surface area (Å²) in [4.78, 5) is 0. The number of hydrogen-bond donors (Lipinski definition) is 0. The molecule has 0 heterocycles. The predicted octanol–water partition coefficient (Wildman–Crippen LogP) is 4.00. The fourth-order valence-corrected chi connectivity index (χ4v) is 1.39. The van der Waals surface area contributed by atoms with Gasteiger partial charge in [0.15, 0.2) is 0 Å². The van der Waals surface area contributed by atoms with Crippen LogP contribution in [0.4, 0.5) is 13.2 Å². The SMILES string of the molecule is FC(F)(F)Oc1ccc(Br)cc1Cl. The minimum absolute atomic E-state index is 0.0910. The number of alkyl halides is 3. The van der Waals surface area contributed by atoms with Crippen molar-refractivity contribution in [2.45, 2.75) is 6.36 Å². The monoisotopic (exact) mass is 274 g/mol. The van der Waals surface area contributed by atoms with Crippen molar-refractivity contribution in [2.24, 2.45) is 0 Å². The second kappa shape index (κ2) is 3.75. The van der Waals surface area contributed by atoms with Gasteiger partial charge in [-0.15, -0.1) is 13.2 Å². The van der Waals surface area contributed by atoms with E-state index in [2.05, 4.69) is 20.7 Å². The van der Waals surface area contributed by atoms with Crippen LogP contribution >= 0.6 is 27.5 Å². The van der Waals surface area contributed by atoms with Crippen LogP contribution in [0.25, 0.3) is 0 Å². The lowest BCUT2D eigenvalue weighted by atomic mass is 10.3. The van der Waals surface area contributed by atoms with E-state index in [0.717, 1.165) is 6.07 Å². The molecule has 0 aromatic heterocycles. The van der Waals surface area contributed by atoms with Gasteiger partial charge in [-0.05, 0) is 18.2 Å². The third-order valence-electron chi connectivity index (χ3n) is 1.12. The van der Waals surface area contributed by atoms with Crippen molar-refractivity contribution in [3.63, 3.8) is 0 Å². The summed E-state index contributed by atoms with van der Waals surface area (Å²) < 4.78 is 39.4. The Labute approximate surface area is 85.6 Å². The minimum Gasteiger partial charge on any atom is -0.404 e. The van der Waals surface area contributed by atoms with Crippen molar-refractivity contribution in [2.75, 3.05) is 0 Å². The molecule has 1 rings (SSSR count). The summed E-state index contributed by atoms with van der Waals surface area (Å²) in [5.74, 6) is -0.405. The summed E-state index contributed by atoms with van der Waals surface area (Å²) in [6.07, 6.45) is -4.71. The molecule has 0 unspecified atom stereocenters. The van der Waals surface area contributed by atoms with Crippen LogP contribution in [0.3, 0.4) is 0 Å². The molecule has 1 aromatic carbocycles. The van der Waals surface area contributed by atoms with Crippen LogP contribution in [-0.4, -0.2) is 6.36 Å². The van der Waals surface area contributed by atoms with Crippen LogP contribution in [-0.2, 0) is 0 Å².